The Hall–Kier alpha value is -2.78. The van der Waals surface area contributed by atoms with Gasteiger partial charge < -0.3 is 9.84 Å². The number of nitrogens with one attached hydrogen (secondary N) is 1. The molecule has 0 unspecified atom stereocenters. The topological polar surface area (TPSA) is 89.6 Å². The fourth-order valence-electron chi connectivity index (χ4n) is 2.44. The van der Waals surface area contributed by atoms with E-state index in [1.807, 2.05) is 24.3 Å². The van der Waals surface area contributed by atoms with Gasteiger partial charge in [-0.1, -0.05) is 46.0 Å². The number of hydrogen-bond acceptors (Lipinski definition) is 9. The third kappa shape index (κ3) is 4.93. The van der Waals surface area contributed by atoms with Crippen LogP contribution in [0.25, 0.3) is 11.4 Å². The van der Waals surface area contributed by atoms with E-state index >= 15 is 0 Å². The molecule has 0 atom stereocenters. The zero-order valence-corrected chi connectivity index (χ0v) is 16.8. The van der Waals surface area contributed by atoms with E-state index in [1.54, 1.807) is 35.5 Å². The predicted octanol–water partition coefficient (Wildman–Crippen LogP) is 4.76. The molecule has 0 aliphatic carbocycles. The summed E-state index contributed by atoms with van der Waals surface area (Å²) in [5, 5.41) is 16.5. The standard InChI is InChI=1S/C19H18N6OS2/c1-13-4-6-15(7-5-13)21-18-23-24-19(28-18)27-12-2-3-16-22-17(25-26-16)14-8-10-20-11-9-14/h4-11H,2-3,12H2,1H3,(H,21,23). The van der Waals surface area contributed by atoms with Crippen molar-refractivity contribution in [1.29, 1.82) is 0 Å². The van der Waals surface area contributed by atoms with Gasteiger partial charge in [0.25, 0.3) is 0 Å². The molecule has 4 aromatic rings. The lowest BCUT2D eigenvalue weighted by molar-refractivity contribution is 0.378. The van der Waals surface area contributed by atoms with E-state index in [1.165, 1.54) is 5.56 Å². The van der Waals surface area contributed by atoms with Crippen LogP contribution in [0.5, 0.6) is 0 Å². The summed E-state index contributed by atoms with van der Waals surface area (Å²) >= 11 is 3.24. The Kier molecular flexibility index (Phi) is 5.93. The maximum absolute atomic E-state index is 5.32. The van der Waals surface area contributed by atoms with E-state index < -0.39 is 0 Å². The molecule has 4 rings (SSSR count). The highest BCUT2D eigenvalue weighted by molar-refractivity contribution is 8.01. The molecular formula is C19H18N6OS2. The lowest BCUT2D eigenvalue weighted by atomic mass is 10.2. The summed E-state index contributed by atoms with van der Waals surface area (Å²) in [6.45, 7) is 2.07. The zero-order chi connectivity index (χ0) is 19.2. The Morgan fingerprint density at radius 3 is 2.71 bits per heavy atom. The summed E-state index contributed by atoms with van der Waals surface area (Å²) in [6.07, 6.45) is 5.08. The number of aromatic nitrogens is 5. The van der Waals surface area contributed by atoms with Crippen molar-refractivity contribution in [2.24, 2.45) is 0 Å². The highest BCUT2D eigenvalue weighted by Gasteiger charge is 2.09. The van der Waals surface area contributed by atoms with Gasteiger partial charge in [0, 0.05) is 35.8 Å². The number of pyridine rings is 1. The van der Waals surface area contributed by atoms with Gasteiger partial charge >= 0.3 is 0 Å². The van der Waals surface area contributed by atoms with E-state index in [9.17, 15) is 0 Å². The van der Waals surface area contributed by atoms with Crippen molar-refractivity contribution in [3.8, 4) is 11.4 Å². The van der Waals surface area contributed by atoms with E-state index in [0.717, 1.165) is 39.3 Å². The molecule has 28 heavy (non-hydrogen) atoms. The molecule has 9 heteroatoms. The number of thioether (sulfide) groups is 1. The fourth-order valence-corrected chi connectivity index (χ4v) is 4.22. The van der Waals surface area contributed by atoms with Gasteiger partial charge in [-0.3, -0.25) is 4.98 Å². The van der Waals surface area contributed by atoms with Crippen LogP contribution in [-0.2, 0) is 6.42 Å². The average Bonchev–Trinajstić information content (AvgIpc) is 3.37. The second-order valence-electron chi connectivity index (χ2n) is 6.06. The van der Waals surface area contributed by atoms with Crippen molar-refractivity contribution in [3.05, 3.63) is 60.2 Å². The van der Waals surface area contributed by atoms with Crippen LogP contribution >= 0.6 is 23.1 Å². The molecule has 0 amide bonds. The quantitative estimate of drug-likeness (QED) is 0.328. The first-order valence-corrected chi connectivity index (χ1v) is 10.6. The average molecular weight is 411 g/mol. The van der Waals surface area contributed by atoms with Crippen LogP contribution in [0.2, 0.25) is 0 Å². The van der Waals surface area contributed by atoms with Crippen molar-refractivity contribution in [2.45, 2.75) is 24.1 Å². The number of rotatable bonds is 8. The zero-order valence-electron chi connectivity index (χ0n) is 15.2. The highest BCUT2D eigenvalue weighted by atomic mass is 32.2. The normalized spacial score (nSPS) is 10.9. The molecule has 142 valence electrons. The maximum atomic E-state index is 5.32. The summed E-state index contributed by atoms with van der Waals surface area (Å²) in [7, 11) is 0. The van der Waals surface area contributed by atoms with Crippen molar-refractivity contribution >= 4 is 33.9 Å². The molecule has 0 saturated heterocycles. The van der Waals surface area contributed by atoms with E-state index in [4.69, 9.17) is 4.52 Å². The number of nitrogens with zero attached hydrogens (tertiary/aromatic N) is 5. The summed E-state index contributed by atoms with van der Waals surface area (Å²) in [5.74, 6) is 2.15. The van der Waals surface area contributed by atoms with Gasteiger partial charge in [-0.2, -0.15) is 4.98 Å². The molecule has 1 N–H and O–H groups in total. The van der Waals surface area contributed by atoms with Crippen molar-refractivity contribution in [2.75, 3.05) is 11.1 Å². The lowest BCUT2D eigenvalue weighted by Crippen LogP contribution is -1.89. The number of anilines is 2. The largest absolute Gasteiger partial charge is 0.339 e. The lowest BCUT2D eigenvalue weighted by Gasteiger charge is -2.01. The van der Waals surface area contributed by atoms with Gasteiger partial charge in [0.2, 0.25) is 16.8 Å². The minimum absolute atomic E-state index is 0.598. The summed E-state index contributed by atoms with van der Waals surface area (Å²) < 4.78 is 6.27. The summed E-state index contributed by atoms with van der Waals surface area (Å²) in [6, 6.07) is 11.9. The third-order valence-corrected chi connectivity index (χ3v) is 5.93. The van der Waals surface area contributed by atoms with Crippen molar-refractivity contribution in [1.82, 2.24) is 25.3 Å². The molecule has 7 nitrogen and oxygen atoms in total. The van der Waals surface area contributed by atoms with Gasteiger partial charge in [0.1, 0.15) is 0 Å². The molecule has 3 heterocycles. The molecular weight excluding hydrogens is 392 g/mol. The van der Waals surface area contributed by atoms with E-state index in [0.29, 0.717) is 11.7 Å². The Balaban J connectivity index is 1.23. The van der Waals surface area contributed by atoms with Crippen LogP contribution in [0.3, 0.4) is 0 Å². The second kappa shape index (κ2) is 8.94. The molecule has 0 bridgehead atoms. The molecule has 0 aliphatic heterocycles. The number of benzene rings is 1. The molecule has 1 aromatic carbocycles. The minimum atomic E-state index is 0.598. The number of aryl methyl sites for hydroxylation is 2. The van der Waals surface area contributed by atoms with Crippen LogP contribution in [0.15, 0.2) is 57.7 Å². The summed E-state index contributed by atoms with van der Waals surface area (Å²) in [4.78, 5) is 8.42. The monoisotopic (exact) mass is 410 g/mol. The fraction of sp³-hybridized carbons (Fsp3) is 0.211. The van der Waals surface area contributed by atoms with Gasteiger partial charge in [0.05, 0.1) is 0 Å². The van der Waals surface area contributed by atoms with E-state index in [2.05, 4.69) is 49.7 Å². The Labute approximate surface area is 170 Å². The molecule has 0 spiro atoms. The van der Waals surface area contributed by atoms with Gasteiger partial charge in [-0.25, -0.2) is 0 Å². The van der Waals surface area contributed by atoms with Crippen molar-refractivity contribution < 1.29 is 4.52 Å². The minimum Gasteiger partial charge on any atom is -0.339 e. The molecule has 0 radical (unpaired) electrons. The van der Waals surface area contributed by atoms with Crippen LogP contribution < -0.4 is 5.32 Å². The van der Waals surface area contributed by atoms with Crippen LogP contribution in [0.4, 0.5) is 10.8 Å². The van der Waals surface area contributed by atoms with Crippen LogP contribution in [0.1, 0.15) is 17.9 Å². The predicted molar refractivity (Wildman–Crippen MR) is 111 cm³/mol. The molecule has 3 aromatic heterocycles. The first-order chi connectivity index (χ1) is 13.8. The second-order valence-corrected chi connectivity index (χ2v) is 8.38. The van der Waals surface area contributed by atoms with E-state index in [-0.39, 0.29) is 0 Å². The van der Waals surface area contributed by atoms with Gasteiger partial charge in [0.15, 0.2) is 4.34 Å². The summed E-state index contributed by atoms with van der Waals surface area (Å²) in [5.41, 5.74) is 3.15. The van der Waals surface area contributed by atoms with Gasteiger partial charge in [-0.05, 0) is 37.6 Å². The molecule has 0 fully saturated rings. The smallest absolute Gasteiger partial charge is 0.226 e. The third-order valence-electron chi connectivity index (χ3n) is 3.88. The van der Waals surface area contributed by atoms with Crippen molar-refractivity contribution in [3.63, 3.8) is 0 Å². The SMILES string of the molecule is Cc1ccc(Nc2nnc(SCCCc3nc(-c4ccncc4)no3)s2)cc1. The number of hydrogen-bond donors (Lipinski definition) is 1. The molecule has 0 saturated carbocycles. The maximum Gasteiger partial charge on any atom is 0.226 e. The van der Waals surface area contributed by atoms with Crippen LogP contribution in [-0.4, -0.2) is 31.1 Å². The Morgan fingerprint density at radius 1 is 1.07 bits per heavy atom. The Morgan fingerprint density at radius 2 is 1.89 bits per heavy atom. The Bertz CT molecular complexity index is 1020. The van der Waals surface area contributed by atoms with Crippen LogP contribution in [0, 0.1) is 6.92 Å². The highest BCUT2D eigenvalue weighted by Crippen LogP contribution is 2.28. The molecule has 0 aliphatic rings. The van der Waals surface area contributed by atoms with Gasteiger partial charge in [-0.15, -0.1) is 10.2 Å². The first kappa shape index (κ1) is 18.6. The first-order valence-electron chi connectivity index (χ1n) is 8.79.